The Labute approximate surface area is 154 Å². The molecule has 1 aromatic carbocycles. The molecule has 0 saturated carbocycles. The molecule has 2 aromatic rings. The van der Waals surface area contributed by atoms with Crippen LogP contribution in [-0.2, 0) is 11.2 Å². The van der Waals surface area contributed by atoms with Crippen molar-refractivity contribution in [2.24, 2.45) is 0 Å². The molecule has 0 atom stereocenters. The molecule has 0 bridgehead atoms. The van der Waals surface area contributed by atoms with Gasteiger partial charge in [-0.3, -0.25) is 9.59 Å². The van der Waals surface area contributed by atoms with Gasteiger partial charge in [0.25, 0.3) is 5.56 Å². The molecule has 25 heavy (non-hydrogen) atoms. The molecule has 0 aliphatic heterocycles. The van der Waals surface area contributed by atoms with Crippen LogP contribution in [0.1, 0.15) is 19.0 Å². The average Bonchev–Trinajstić information content (AvgIpc) is 2.59. The van der Waals surface area contributed by atoms with E-state index in [0.29, 0.717) is 16.6 Å². The lowest BCUT2D eigenvalue weighted by Crippen LogP contribution is -2.16. The fraction of sp³-hybridized carbons (Fsp3) is 0.294. The number of nitriles is 1. The van der Waals surface area contributed by atoms with Gasteiger partial charge in [0.15, 0.2) is 5.16 Å². The second-order valence-electron chi connectivity index (χ2n) is 5.07. The summed E-state index contributed by atoms with van der Waals surface area (Å²) in [5, 5.41) is 12.0. The van der Waals surface area contributed by atoms with Gasteiger partial charge >= 0.3 is 0 Å². The quantitative estimate of drug-likeness (QED) is 0.544. The maximum Gasteiger partial charge on any atom is 0.251 e. The Morgan fingerprint density at radius 3 is 2.92 bits per heavy atom. The van der Waals surface area contributed by atoms with Crippen molar-refractivity contribution in [3.63, 3.8) is 0 Å². The Kier molecular flexibility index (Phi) is 7.57. The Hall–Kier alpha value is -2.24. The van der Waals surface area contributed by atoms with Gasteiger partial charge < -0.3 is 10.3 Å². The van der Waals surface area contributed by atoms with E-state index in [-0.39, 0.29) is 17.2 Å². The fourth-order valence-electron chi connectivity index (χ4n) is 2.06. The Bertz CT molecular complexity index is 830. The molecule has 1 heterocycles. The van der Waals surface area contributed by atoms with Crippen LogP contribution in [0.4, 0.5) is 5.69 Å². The zero-order valence-electron chi connectivity index (χ0n) is 13.7. The van der Waals surface area contributed by atoms with Crippen LogP contribution in [0.15, 0.2) is 45.2 Å². The molecule has 8 heteroatoms. The van der Waals surface area contributed by atoms with Gasteiger partial charge in [-0.15, -0.1) is 11.8 Å². The van der Waals surface area contributed by atoms with Crippen molar-refractivity contribution >= 4 is 35.1 Å². The number of thioether (sulfide) groups is 2. The number of nitrogens with zero attached hydrogens (tertiary/aromatic N) is 2. The smallest absolute Gasteiger partial charge is 0.251 e. The van der Waals surface area contributed by atoms with Gasteiger partial charge in [0, 0.05) is 16.7 Å². The molecule has 1 amide bonds. The molecule has 2 rings (SSSR count). The molecule has 0 spiro atoms. The minimum Gasteiger partial charge on any atom is -0.324 e. The second kappa shape index (κ2) is 9.91. The van der Waals surface area contributed by atoms with Crippen LogP contribution in [0.25, 0.3) is 0 Å². The lowest BCUT2D eigenvalue weighted by atomic mass is 10.2. The summed E-state index contributed by atoms with van der Waals surface area (Å²) in [6, 6.07) is 10.9. The Balaban J connectivity index is 1.98. The third-order valence-corrected chi connectivity index (χ3v) is 4.89. The highest BCUT2D eigenvalue weighted by Gasteiger charge is 2.09. The summed E-state index contributed by atoms with van der Waals surface area (Å²) in [6.45, 7) is 2.02. The third-order valence-electron chi connectivity index (χ3n) is 3.07. The summed E-state index contributed by atoms with van der Waals surface area (Å²) in [5.74, 6) is 0.255. The van der Waals surface area contributed by atoms with Gasteiger partial charge in [-0.1, -0.05) is 37.2 Å². The van der Waals surface area contributed by atoms with Gasteiger partial charge in [0.1, 0.15) is 0 Å². The van der Waals surface area contributed by atoms with Crippen LogP contribution >= 0.6 is 23.5 Å². The van der Waals surface area contributed by atoms with Crippen molar-refractivity contribution in [2.45, 2.75) is 29.8 Å². The van der Waals surface area contributed by atoms with E-state index in [1.54, 1.807) is 6.07 Å². The summed E-state index contributed by atoms with van der Waals surface area (Å²) in [6.07, 6.45) is 1.63. The Morgan fingerprint density at radius 1 is 1.36 bits per heavy atom. The summed E-state index contributed by atoms with van der Waals surface area (Å²) >= 11 is 2.56. The molecular formula is C17H18N4O2S2. The SMILES string of the molecule is CCCc1cc(=O)[nH]c(SCC(=O)Nc2ccccc2SCC#N)n1. The number of carbonyl (C=O) groups is 1. The van der Waals surface area contributed by atoms with Crippen molar-refractivity contribution in [2.75, 3.05) is 16.8 Å². The number of rotatable bonds is 8. The van der Waals surface area contributed by atoms with E-state index in [1.165, 1.54) is 29.6 Å². The molecule has 0 unspecified atom stereocenters. The number of carbonyl (C=O) groups excluding carboxylic acids is 1. The number of aryl methyl sites for hydroxylation is 1. The topological polar surface area (TPSA) is 98.6 Å². The first-order valence-electron chi connectivity index (χ1n) is 7.74. The maximum atomic E-state index is 12.2. The van der Waals surface area contributed by atoms with Gasteiger partial charge in [-0.25, -0.2) is 4.98 Å². The predicted molar refractivity (Wildman–Crippen MR) is 101 cm³/mol. The summed E-state index contributed by atoms with van der Waals surface area (Å²) < 4.78 is 0. The van der Waals surface area contributed by atoms with Gasteiger partial charge in [0.2, 0.25) is 5.91 Å². The van der Waals surface area contributed by atoms with E-state index in [4.69, 9.17) is 5.26 Å². The normalized spacial score (nSPS) is 10.2. The zero-order chi connectivity index (χ0) is 18.1. The number of aromatic nitrogens is 2. The molecule has 2 N–H and O–H groups in total. The van der Waals surface area contributed by atoms with E-state index >= 15 is 0 Å². The Morgan fingerprint density at radius 2 is 2.16 bits per heavy atom. The summed E-state index contributed by atoms with van der Waals surface area (Å²) in [7, 11) is 0. The first kappa shape index (κ1) is 19.1. The standard InChI is InChI=1S/C17H18N4O2S2/c1-2-5-12-10-15(22)21-17(19-12)25-11-16(23)20-13-6-3-4-7-14(13)24-9-8-18/h3-4,6-7,10H,2,5,9,11H2,1H3,(H,20,23)(H,19,21,22). The number of H-pyrrole nitrogens is 1. The van der Waals surface area contributed by atoms with Crippen molar-refractivity contribution in [1.29, 1.82) is 5.26 Å². The summed E-state index contributed by atoms with van der Waals surface area (Å²) in [5.41, 5.74) is 1.20. The van der Waals surface area contributed by atoms with Crippen LogP contribution in [0.5, 0.6) is 0 Å². The van der Waals surface area contributed by atoms with Crippen LogP contribution in [-0.4, -0.2) is 27.4 Å². The molecule has 0 radical (unpaired) electrons. The van der Waals surface area contributed by atoms with Gasteiger partial charge in [0.05, 0.1) is 23.3 Å². The fourth-order valence-corrected chi connectivity index (χ4v) is 3.43. The number of para-hydroxylation sites is 1. The monoisotopic (exact) mass is 374 g/mol. The van der Waals surface area contributed by atoms with Gasteiger partial charge in [-0.05, 0) is 18.6 Å². The van der Waals surface area contributed by atoms with Crippen LogP contribution in [0.3, 0.4) is 0 Å². The van der Waals surface area contributed by atoms with Crippen LogP contribution < -0.4 is 10.9 Å². The van der Waals surface area contributed by atoms with Gasteiger partial charge in [-0.2, -0.15) is 5.26 Å². The number of anilines is 1. The van der Waals surface area contributed by atoms with Crippen LogP contribution in [0, 0.1) is 11.3 Å². The van der Waals surface area contributed by atoms with Crippen molar-refractivity contribution in [3.8, 4) is 6.07 Å². The molecule has 0 aliphatic carbocycles. The highest BCUT2D eigenvalue weighted by Crippen LogP contribution is 2.26. The first-order valence-corrected chi connectivity index (χ1v) is 9.71. The van der Waals surface area contributed by atoms with E-state index < -0.39 is 0 Å². The third kappa shape index (κ3) is 6.29. The maximum absolute atomic E-state index is 12.2. The second-order valence-corrected chi connectivity index (χ2v) is 7.05. The van der Waals surface area contributed by atoms with Crippen molar-refractivity contribution in [3.05, 3.63) is 46.4 Å². The predicted octanol–water partition coefficient (Wildman–Crippen LogP) is 3.07. The van der Waals surface area contributed by atoms with Crippen LogP contribution in [0.2, 0.25) is 0 Å². The van der Waals surface area contributed by atoms with Crippen molar-refractivity contribution in [1.82, 2.24) is 9.97 Å². The summed E-state index contributed by atoms with van der Waals surface area (Å²) in [4.78, 5) is 31.6. The minimum atomic E-state index is -0.209. The number of hydrogen-bond acceptors (Lipinski definition) is 6. The highest BCUT2D eigenvalue weighted by atomic mass is 32.2. The molecule has 0 saturated heterocycles. The molecule has 1 aromatic heterocycles. The number of amides is 1. The van der Waals surface area contributed by atoms with E-state index in [0.717, 1.165) is 23.4 Å². The number of aromatic amines is 1. The number of nitrogens with one attached hydrogen (secondary N) is 2. The van der Waals surface area contributed by atoms with Crippen molar-refractivity contribution < 1.29 is 4.79 Å². The molecule has 6 nitrogen and oxygen atoms in total. The minimum absolute atomic E-state index is 0.135. The largest absolute Gasteiger partial charge is 0.324 e. The molecule has 130 valence electrons. The van der Waals surface area contributed by atoms with E-state index in [9.17, 15) is 9.59 Å². The molecular weight excluding hydrogens is 356 g/mol. The van der Waals surface area contributed by atoms with E-state index in [2.05, 4.69) is 21.4 Å². The van der Waals surface area contributed by atoms with E-state index in [1.807, 2.05) is 25.1 Å². The number of benzene rings is 1. The lowest BCUT2D eigenvalue weighted by molar-refractivity contribution is -0.113. The average molecular weight is 374 g/mol. The highest BCUT2D eigenvalue weighted by molar-refractivity contribution is 8.00. The molecule has 0 aliphatic rings. The zero-order valence-corrected chi connectivity index (χ0v) is 15.4. The lowest BCUT2D eigenvalue weighted by Gasteiger charge is -2.09. The first-order chi connectivity index (χ1) is 12.1. The molecule has 0 fully saturated rings. The number of hydrogen-bond donors (Lipinski definition) is 2.